The van der Waals surface area contributed by atoms with Gasteiger partial charge in [0.2, 0.25) is 0 Å². The number of amides is 1. The molecule has 1 fully saturated rings. The third-order valence-corrected chi connectivity index (χ3v) is 4.64. The van der Waals surface area contributed by atoms with Gasteiger partial charge in [0.1, 0.15) is 11.4 Å². The topological polar surface area (TPSA) is 42.0 Å². The van der Waals surface area contributed by atoms with Crippen molar-refractivity contribution in [3.05, 3.63) is 28.2 Å². The standard InChI is InChI=1S/C19H26BrF3N2O3/c1-13-10-24(7-8-25(13)17(26)28-18(2,3)4)11-14-9-15(20)5-6-16(14)27-12-19(21,22)23/h5-6,9,13H,7-8,10-12H2,1-4H3. The van der Waals surface area contributed by atoms with Gasteiger partial charge in [-0.3, -0.25) is 4.90 Å². The number of halogens is 4. The van der Waals surface area contributed by atoms with Gasteiger partial charge in [0.25, 0.3) is 0 Å². The van der Waals surface area contributed by atoms with Crippen LogP contribution in [-0.2, 0) is 11.3 Å². The minimum atomic E-state index is -4.39. The fourth-order valence-corrected chi connectivity index (χ4v) is 3.39. The third-order valence-electron chi connectivity index (χ3n) is 4.15. The number of hydrogen-bond acceptors (Lipinski definition) is 4. The Morgan fingerprint density at radius 3 is 2.50 bits per heavy atom. The first-order chi connectivity index (χ1) is 12.8. The molecule has 1 aromatic rings. The van der Waals surface area contributed by atoms with Crippen molar-refractivity contribution in [2.75, 3.05) is 26.2 Å². The molecule has 2 rings (SSSR count). The van der Waals surface area contributed by atoms with Crippen LogP contribution in [0.5, 0.6) is 5.75 Å². The zero-order valence-corrected chi connectivity index (χ0v) is 18.1. The molecule has 28 heavy (non-hydrogen) atoms. The van der Waals surface area contributed by atoms with E-state index in [0.29, 0.717) is 31.7 Å². The van der Waals surface area contributed by atoms with Gasteiger partial charge in [-0.1, -0.05) is 15.9 Å². The van der Waals surface area contributed by atoms with E-state index in [1.54, 1.807) is 17.0 Å². The SMILES string of the molecule is CC1CN(Cc2cc(Br)ccc2OCC(F)(F)F)CCN1C(=O)OC(C)(C)C. The molecule has 1 atom stereocenters. The highest BCUT2D eigenvalue weighted by atomic mass is 79.9. The van der Waals surface area contributed by atoms with Crippen molar-refractivity contribution in [2.24, 2.45) is 0 Å². The van der Waals surface area contributed by atoms with Crippen LogP contribution in [0, 0.1) is 0 Å². The van der Waals surface area contributed by atoms with Crippen molar-refractivity contribution in [3.8, 4) is 5.75 Å². The molecule has 1 aliphatic heterocycles. The number of carbonyl (C=O) groups is 1. The van der Waals surface area contributed by atoms with E-state index in [1.807, 2.05) is 27.7 Å². The van der Waals surface area contributed by atoms with Crippen LogP contribution in [0.25, 0.3) is 0 Å². The van der Waals surface area contributed by atoms with E-state index in [0.717, 1.165) is 4.47 Å². The van der Waals surface area contributed by atoms with E-state index in [2.05, 4.69) is 20.8 Å². The van der Waals surface area contributed by atoms with E-state index in [1.165, 1.54) is 6.07 Å². The summed E-state index contributed by atoms with van der Waals surface area (Å²) in [5.41, 5.74) is 0.103. The average molecular weight is 467 g/mol. The fourth-order valence-electron chi connectivity index (χ4n) is 2.98. The summed E-state index contributed by atoms with van der Waals surface area (Å²) in [5.74, 6) is 0.211. The number of nitrogens with zero attached hydrogens (tertiary/aromatic N) is 2. The summed E-state index contributed by atoms with van der Waals surface area (Å²) < 4.78 is 48.7. The fraction of sp³-hybridized carbons (Fsp3) is 0.632. The van der Waals surface area contributed by atoms with E-state index < -0.39 is 18.4 Å². The van der Waals surface area contributed by atoms with Crippen LogP contribution in [0.2, 0.25) is 0 Å². The van der Waals surface area contributed by atoms with Crippen molar-refractivity contribution in [3.63, 3.8) is 0 Å². The quantitative estimate of drug-likeness (QED) is 0.636. The summed E-state index contributed by atoms with van der Waals surface area (Å²) in [5, 5.41) is 0. The number of ether oxygens (including phenoxy) is 2. The zero-order valence-electron chi connectivity index (χ0n) is 16.5. The molecule has 0 saturated carbocycles. The van der Waals surface area contributed by atoms with E-state index in [4.69, 9.17) is 9.47 Å². The predicted molar refractivity (Wildman–Crippen MR) is 103 cm³/mol. The molecular formula is C19H26BrF3N2O3. The van der Waals surface area contributed by atoms with Crippen LogP contribution in [0.4, 0.5) is 18.0 Å². The lowest BCUT2D eigenvalue weighted by Crippen LogP contribution is -2.54. The maximum Gasteiger partial charge on any atom is 0.422 e. The molecule has 1 amide bonds. The first-order valence-electron chi connectivity index (χ1n) is 9.04. The zero-order chi connectivity index (χ0) is 21.1. The van der Waals surface area contributed by atoms with Gasteiger partial charge < -0.3 is 14.4 Å². The second kappa shape index (κ2) is 8.90. The lowest BCUT2D eigenvalue weighted by Gasteiger charge is -2.40. The number of benzene rings is 1. The van der Waals surface area contributed by atoms with Crippen molar-refractivity contribution in [1.29, 1.82) is 0 Å². The Balaban J connectivity index is 2.02. The Morgan fingerprint density at radius 2 is 1.93 bits per heavy atom. The Kier molecular flexibility index (Phi) is 7.25. The molecule has 1 aliphatic rings. The summed E-state index contributed by atoms with van der Waals surface area (Å²) in [4.78, 5) is 16.1. The van der Waals surface area contributed by atoms with Gasteiger partial charge in [-0.2, -0.15) is 13.2 Å². The molecule has 0 N–H and O–H groups in total. The molecular weight excluding hydrogens is 441 g/mol. The first-order valence-corrected chi connectivity index (χ1v) is 9.83. The lowest BCUT2D eigenvalue weighted by molar-refractivity contribution is -0.153. The molecule has 158 valence electrons. The van der Waals surface area contributed by atoms with Crippen LogP contribution in [-0.4, -0.2) is 60.0 Å². The van der Waals surface area contributed by atoms with Gasteiger partial charge in [-0.05, 0) is 45.9 Å². The van der Waals surface area contributed by atoms with Crippen LogP contribution < -0.4 is 4.74 Å². The van der Waals surface area contributed by atoms with Gasteiger partial charge in [0, 0.05) is 42.3 Å². The predicted octanol–water partition coefficient (Wildman–Crippen LogP) is 4.83. The van der Waals surface area contributed by atoms with Crippen LogP contribution >= 0.6 is 15.9 Å². The molecule has 1 unspecified atom stereocenters. The summed E-state index contributed by atoms with van der Waals surface area (Å²) in [6.45, 7) is 8.16. The second-order valence-corrected chi connectivity index (χ2v) is 8.83. The van der Waals surface area contributed by atoms with Crippen molar-refractivity contribution in [2.45, 2.75) is 52.1 Å². The molecule has 0 bridgehead atoms. The monoisotopic (exact) mass is 466 g/mol. The summed E-state index contributed by atoms with van der Waals surface area (Å²) >= 11 is 3.35. The maximum atomic E-state index is 12.5. The van der Waals surface area contributed by atoms with Gasteiger partial charge in [0.05, 0.1) is 0 Å². The van der Waals surface area contributed by atoms with Crippen molar-refractivity contribution < 1.29 is 27.4 Å². The molecule has 1 heterocycles. The normalized spacial score (nSPS) is 18.9. The number of alkyl halides is 3. The second-order valence-electron chi connectivity index (χ2n) is 7.91. The Bertz CT molecular complexity index is 692. The Hall–Kier alpha value is -1.48. The lowest BCUT2D eigenvalue weighted by atomic mass is 10.1. The highest BCUT2D eigenvalue weighted by Gasteiger charge is 2.32. The van der Waals surface area contributed by atoms with Crippen LogP contribution in [0.15, 0.2) is 22.7 Å². The van der Waals surface area contributed by atoms with E-state index in [9.17, 15) is 18.0 Å². The van der Waals surface area contributed by atoms with E-state index in [-0.39, 0.29) is 17.9 Å². The molecule has 1 saturated heterocycles. The van der Waals surface area contributed by atoms with Gasteiger partial charge >= 0.3 is 12.3 Å². The molecule has 9 heteroatoms. The molecule has 0 radical (unpaired) electrons. The molecule has 0 aromatic heterocycles. The van der Waals surface area contributed by atoms with Gasteiger partial charge in [-0.15, -0.1) is 0 Å². The highest BCUT2D eigenvalue weighted by molar-refractivity contribution is 9.10. The number of carbonyl (C=O) groups excluding carboxylic acids is 1. The van der Waals surface area contributed by atoms with E-state index >= 15 is 0 Å². The Morgan fingerprint density at radius 1 is 1.25 bits per heavy atom. The number of piperazine rings is 1. The number of hydrogen-bond donors (Lipinski definition) is 0. The minimum absolute atomic E-state index is 0.0738. The minimum Gasteiger partial charge on any atom is -0.484 e. The molecule has 5 nitrogen and oxygen atoms in total. The largest absolute Gasteiger partial charge is 0.484 e. The van der Waals surface area contributed by atoms with Gasteiger partial charge in [0.15, 0.2) is 6.61 Å². The summed E-state index contributed by atoms with van der Waals surface area (Å²) in [6.07, 6.45) is -4.74. The Labute approximate surface area is 171 Å². The molecule has 1 aromatic carbocycles. The van der Waals surface area contributed by atoms with Crippen molar-refractivity contribution >= 4 is 22.0 Å². The maximum absolute atomic E-state index is 12.5. The number of rotatable bonds is 4. The smallest absolute Gasteiger partial charge is 0.422 e. The van der Waals surface area contributed by atoms with Crippen LogP contribution in [0.1, 0.15) is 33.3 Å². The molecule has 0 spiro atoms. The summed E-state index contributed by atoms with van der Waals surface area (Å²) in [7, 11) is 0. The highest BCUT2D eigenvalue weighted by Crippen LogP contribution is 2.27. The third kappa shape index (κ3) is 7.16. The summed E-state index contributed by atoms with van der Waals surface area (Å²) in [6, 6.07) is 4.87. The average Bonchev–Trinajstić information content (AvgIpc) is 2.51. The first kappa shape index (κ1) is 22.8. The molecule has 0 aliphatic carbocycles. The van der Waals surface area contributed by atoms with Crippen LogP contribution in [0.3, 0.4) is 0 Å². The van der Waals surface area contributed by atoms with Gasteiger partial charge in [-0.25, -0.2) is 4.79 Å². The van der Waals surface area contributed by atoms with Crippen molar-refractivity contribution in [1.82, 2.24) is 9.80 Å².